The van der Waals surface area contributed by atoms with Gasteiger partial charge in [-0.05, 0) is 59.2 Å². The van der Waals surface area contributed by atoms with Gasteiger partial charge in [0.2, 0.25) is 0 Å². The molecule has 0 radical (unpaired) electrons. The molecule has 0 bridgehead atoms. The fourth-order valence-corrected chi connectivity index (χ4v) is 2.89. The molecule has 108 valence electrons. The zero-order valence-electron chi connectivity index (χ0n) is 12.1. The van der Waals surface area contributed by atoms with Crippen molar-refractivity contribution in [3.8, 4) is 0 Å². The van der Waals surface area contributed by atoms with Crippen LogP contribution in [0.4, 0.5) is 8.78 Å². The van der Waals surface area contributed by atoms with Crippen molar-refractivity contribution in [1.82, 2.24) is 0 Å². The zero-order valence-corrected chi connectivity index (χ0v) is 12.1. The van der Waals surface area contributed by atoms with E-state index in [4.69, 9.17) is 0 Å². The van der Waals surface area contributed by atoms with Crippen molar-refractivity contribution in [3.05, 3.63) is 76.4 Å². The van der Waals surface area contributed by atoms with Crippen molar-refractivity contribution >= 4 is 5.57 Å². The van der Waals surface area contributed by atoms with Gasteiger partial charge in [-0.15, -0.1) is 0 Å². The number of halogens is 2. The third kappa shape index (κ3) is 2.90. The number of benzene rings is 2. The molecule has 0 saturated heterocycles. The van der Waals surface area contributed by atoms with Crippen molar-refractivity contribution in [2.45, 2.75) is 32.6 Å². The molecule has 0 spiro atoms. The number of hydrogen-bond donors (Lipinski definition) is 0. The van der Waals surface area contributed by atoms with Crippen molar-refractivity contribution in [2.24, 2.45) is 0 Å². The van der Waals surface area contributed by atoms with Crippen molar-refractivity contribution in [3.63, 3.8) is 0 Å². The van der Waals surface area contributed by atoms with Gasteiger partial charge in [-0.2, -0.15) is 0 Å². The minimum absolute atomic E-state index is 0.665. The van der Waals surface area contributed by atoms with Gasteiger partial charge in [-0.25, -0.2) is 8.78 Å². The van der Waals surface area contributed by atoms with Crippen LogP contribution in [0, 0.1) is 11.6 Å². The van der Waals surface area contributed by atoms with Crippen LogP contribution in [-0.2, 0) is 19.3 Å². The topological polar surface area (TPSA) is 0 Å². The Morgan fingerprint density at radius 2 is 1.62 bits per heavy atom. The second kappa shape index (κ2) is 5.80. The summed E-state index contributed by atoms with van der Waals surface area (Å²) >= 11 is 0. The molecular formula is C19H18F2. The van der Waals surface area contributed by atoms with Crippen LogP contribution in [0.2, 0.25) is 0 Å². The maximum Gasteiger partial charge on any atom is 0.159 e. The highest BCUT2D eigenvalue weighted by Crippen LogP contribution is 2.29. The quantitative estimate of drug-likeness (QED) is 0.735. The van der Waals surface area contributed by atoms with Crippen LogP contribution in [0.1, 0.15) is 35.6 Å². The molecule has 1 aliphatic rings. The monoisotopic (exact) mass is 284 g/mol. The van der Waals surface area contributed by atoms with E-state index in [1.165, 1.54) is 28.8 Å². The van der Waals surface area contributed by atoms with Gasteiger partial charge in [-0.3, -0.25) is 0 Å². The van der Waals surface area contributed by atoms with Crippen LogP contribution in [0.5, 0.6) is 0 Å². The summed E-state index contributed by atoms with van der Waals surface area (Å²) < 4.78 is 26.6. The Morgan fingerprint density at radius 3 is 2.29 bits per heavy atom. The molecule has 3 rings (SSSR count). The summed E-state index contributed by atoms with van der Waals surface area (Å²) in [7, 11) is 0. The lowest BCUT2D eigenvalue weighted by Crippen LogP contribution is -2.05. The Kier molecular flexibility index (Phi) is 3.87. The molecule has 0 atom stereocenters. The molecule has 0 unspecified atom stereocenters. The Bertz CT molecular complexity index is 681. The highest BCUT2D eigenvalue weighted by Gasteiger charge is 2.15. The number of fused-ring (bicyclic) bond motifs is 1. The summed E-state index contributed by atoms with van der Waals surface area (Å²) in [6.07, 6.45) is 5.68. The fourth-order valence-electron chi connectivity index (χ4n) is 2.89. The number of rotatable bonds is 3. The van der Waals surface area contributed by atoms with Crippen LogP contribution in [0.3, 0.4) is 0 Å². The normalized spacial score (nSPS) is 13.8. The predicted octanol–water partition coefficient (Wildman–Crippen LogP) is 5.10. The molecule has 2 aromatic carbocycles. The lowest BCUT2D eigenvalue weighted by atomic mass is 9.87. The van der Waals surface area contributed by atoms with Gasteiger partial charge in [0.15, 0.2) is 11.6 Å². The molecule has 1 aliphatic carbocycles. The van der Waals surface area contributed by atoms with Gasteiger partial charge in [0.1, 0.15) is 0 Å². The predicted molar refractivity (Wildman–Crippen MR) is 82.2 cm³/mol. The third-order valence-electron chi connectivity index (χ3n) is 4.06. The number of aryl methyl sites for hydroxylation is 1. The minimum Gasteiger partial charge on any atom is -0.204 e. The van der Waals surface area contributed by atoms with Crippen molar-refractivity contribution in [1.29, 1.82) is 0 Å². The summed E-state index contributed by atoms with van der Waals surface area (Å²) in [6.45, 7) is 2.17. The van der Waals surface area contributed by atoms with E-state index < -0.39 is 11.6 Å². The summed E-state index contributed by atoms with van der Waals surface area (Å²) in [5.74, 6) is -1.51. The summed E-state index contributed by atoms with van der Waals surface area (Å²) in [6, 6.07) is 11.2. The standard InChI is InChI=1S/C19H18F2/c1-2-3-13-4-6-14(7-5-13)15-8-9-16-11-18(20)19(21)12-17(16)10-15/h4-8,11-12H,2-3,9-10H2,1H3. The molecule has 0 aromatic heterocycles. The summed E-state index contributed by atoms with van der Waals surface area (Å²) in [5.41, 5.74) is 5.48. The van der Waals surface area contributed by atoms with E-state index >= 15 is 0 Å². The highest BCUT2D eigenvalue weighted by atomic mass is 19.2. The lowest BCUT2D eigenvalue weighted by Gasteiger charge is -2.18. The second-order valence-electron chi connectivity index (χ2n) is 5.59. The smallest absolute Gasteiger partial charge is 0.159 e. The minimum atomic E-state index is -0.756. The first-order valence-corrected chi connectivity index (χ1v) is 7.42. The molecule has 0 fully saturated rings. The molecule has 21 heavy (non-hydrogen) atoms. The van der Waals surface area contributed by atoms with E-state index in [2.05, 4.69) is 37.3 Å². The van der Waals surface area contributed by atoms with Crippen molar-refractivity contribution < 1.29 is 8.78 Å². The van der Waals surface area contributed by atoms with E-state index in [9.17, 15) is 8.78 Å². The maximum absolute atomic E-state index is 13.4. The van der Waals surface area contributed by atoms with Crippen molar-refractivity contribution in [2.75, 3.05) is 0 Å². The van der Waals surface area contributed by atoms with Gasteiger partial charge < -0.3 is 0 Å². The molecule has 0 heterocycles. The average molecular weight is 284 g/mol. The lowest BCUT2D eigenvalue weighted by molar-refractivity contribution is 0.506. The Balaban J connectivity index is 1.85. The molecular weight excluding hydrogens is 266 g/mol. The molecule has 0 aliphatic heterocycles. The Labute approximate surface area is 124 Å². The number of allylic oxidation sites excluding steroid dienone is 2. The number of hydrogen-bond acceptors (Lipinski definition) is 0. The van der Waals surface area contributed by atoms with Gasteiger partial charge >= 0.3 is 0 Å². The van der Waals surface area contributed by atoms with E-state index in [1.54, 1.807) is 0 Å². The third-order valence-corrected chi connectivity index (χ3v) is 4.06. The van der Waals surface area contributed by atoms with Crippen LogP contribution in [0.15, 0.2) is 42.5 Å². The van der Waals surface area contributed by atoms with Gasteiger partial charge in [0, 0.05) is 0 Å². The Morgan fingerprint density at radius 1 is 0.952 bits per heavy atom. The van der Waals surface area contributed by atoms with E-state index in [1.807, 2.05) is 0 Å². The molecule has 0 nitrogen and oxygen atoms in total. The van der Waals surface area contributed by atoms with Gasteiger partial charge in [0.05, 0.1) is 0 Å². The largest absolute Gasteiger partial charge is 0.204 e. The van der Waals surface area contributed by atoms with Crippen LogP contribution >= 0.6 is 0 Å². The molecule has 2 heteroatoms. The summed E-state index contributed by atoms with van der Waals surface area (Å²) in [5, 5.41) is 0. The van der Waals surface area contributed by atoms with E-state index in [-0.39, 0.29) is 0 Å². The first-order chi connectivity index (χ1) is 10.2. The average Bonchev–Trinajstić information content (AvgIpc) is 2.49. The molecule has 2 aromatic rings. The molecule has 0 saturated carbocycles. The Hall–Kier alpha value is -1.96. The molecule has 0 amide bonds. The van der Waals surface area contributed by atoms with Gasteiger partial charge in [0.25, 0.3) is 0 Å². The van der Waals surface area contributed by atoms with E-state index in [0.717, 1.165) is 24.0 Å². The van der Waals surface area contributed by atoms with Crippen LogP contribution < -0.4 is 0 Å². The van der Waals surface area contributed by atoms with Crippen LogP contribution in [-0.4, -0.2) is 0 Å². The maximum atomic E-state index is 13.4. The van der Waals surface area contributed by atoms with E-state index in [0.29, 0.717) is 12.8 Å². The summed E-state index contributed by atoms with van der Waals surface area (Å²) in [4.78, 5) is 0. The second-order valence-corrected chi connectivity index (χ2v) is 5.59. The molecule has 0 N–H and O–H groups in total. The zero-order chi connectivity index (χ0) is 14.8. The van der Waals surface area contributed by atoms with Gasteiger partial charge in [-0.1, -0.05) is 43.7 Å². The van der Waals surface area contributed by atoms with Crippen LogP contribution in [0.25, 0.3) is 5.57 Å². The first kappa shape index (κ1) is 14.0. The highest BCUT2D eigenvalue weighted by molar-refractivity contribution is 5.70. The first-order valence-electron chi connectivity index (χ1n) is 7.42. The fraction of sp³-hybridized carbons (Fsp3) is 0.263. The SMILES string of the molecule is CCCc1ccc(C2=CCc3cc(F)c(F)cc3C2)cc1.